The second-order valence-corrected chi connectivity index (χ2v) is 3.34. The van der Waals surface area contributed by atoms with Crippen molar-refractivity contribution in [1.82, 2.24) is 20.2 Å². The molecule has 2 aromatic heterocycles. The predicted molar refractivity (Wildman–Crippen MR) is 59.2 cm³/mol. The molecule has 1 unspecified atom stereocenters. The predicted octanol–water partition coefficient (Wildman–Crippen LogP) is 1.38. The first kappa shape index (κ1) is 10.4. The second-order valence-electron chi connectivity index (χ2n) is 3.34. The first-order valence-corrected chi connectivity index (χ1v) is 4.91. The van der Waals surface area contributed by atoms with Crippen molar-refractivity contribution in [2.24, 2.45) is 0 Å². The Hall–Kier alpha value is -2.11. The zero-order chi connectivity index (χ0) is 11.4. The molecule has 0 spiro atoms. The molecule has 2 N–H and O–H groups in total. The molecule has 0 saturated carbocycles. The van der Waals surface area contributed by atoms with Crippen molar-refractivity contribution >= 4 is 5.95 Å². The maximum atomic E-state index is 4.98. The molecule has 0 fully saturated rings. The summed E-state index contributed by atoms with van der Waals surface area (Å²) in [5.41, 5.74) is 1.06. The third kappa shape index (κ3) is 2.28. The largest absolute Gasteiger partial charge is 0.494 e. The average molecular weight is 219 g/mol. The molecule has 84 valence electrons. The van der Waals surface area contributed by atoms with E-state index in [0.29, 0.717) is 11.7 Å². The summed E-state index contributed by atoms with van der Waals surface area (Å²) in [5.74, 6) is 1.20. The van der Waals surface area contributed by atoms with Gasteiger partial charge in [-0.2, -0.15) is 5.10 Å². The summed E-state index contributed by atoms with van der Waals surface area (Å²) < 4.78 is 4.98. The number of H-pyrrole nitrogens is 1. The molecule has 0 saturated heterocycles. The third-order valence-electron chi connectivity index (χ3n) is 2.23. The van der Waals surface area contributed by atoms with E-state index in [-0.39, 0.29) is 6.04 Å². The minimum absolute atomic E-state index is 0.104. The topological polar surface area (TPSA) is 75.7 Å². The van der Waals surface area contributed by atoms with E-state index in [1.807, 2.05) is 13.1 Å². The molecule has 16 heavy (non-hydrogen) atoms. The molecule has 2 aromatic rings. The van der Waals surface area contributed by atoms with Crippen LogP contribution in [0.5, 0.6) is 5.75 Å². The van der Waals surface area contributed by atoms with E-state index in [4.69, 9.17) is 4.74 Å². The lowest BCUT2D eigenvalue weighted by Crippen LogP contribution is -2.08. The highest BCUT2D eigenvalue weighted by Crippen LogP contribution is 2.15. The lowest BCUT2D eigenvalue weighted by atomic mass is 10.2. The fourth-order valence-electron chi connectivity index (χ4n) is 1.27. The van der Waals surface area contributed by atoms with Crippen LogP contribution in [0.3, 0.4) is 0 Å². The van der Waals surface area contributed by atoms with E-state index in [1.165, 1.54) is 0 Å². The summed E-state index contributed by atoms with van der Waals surface area (Å²) in [6.07, 6.45) is 6.84. The van der Waals surface area contributed by atoms with Crippen LogP contribution >= 0.6 is 0 Å². The van der Waals surface area contributed by atoms with E-state index in [2.05, 4.69) is 25.5 Å². The first-order chi connectivity index (χ1) is 7.79. The molecule has 0 aliphatic heterocycles. The van der Waals surface area contributed by atoms with Crippen molar-refractivity contribution in [2.75, 3.05) is 12.4 Å². The lowest BCUT2D eigenvalue weighted by molar-refractivity contribution is 0.411. The van der Waals surface area contributed by atoms with Gasteiger partial charge in [0.05, 0.1) is 31.7 Å². The molecule has 0 aliphatic carbocycles. The Balaban J connectivity index is 2.03. The number of nitrogens with one attached hydrogen (secondary N) is 2. The number of aromatic nitrogens is 4. The molecular formula is C10H13N5O. The van der Waals surface area contributed by atoms with E-state index in [0.717, 1.165) is 5.56 Å². The van der Waals surface area contributed by atoms with Crippen molar-refractivity contribution in [1.29, 1.82) is 0 Å². The number of anilines is 1. The normalized spacial score (nSPS) is 12.1. The van der Waals surface area contributed by atoms with Gasteiger partial charge < -0.3 is 10.1 Å². The van der Waals surface area contributed by atoms with Crippen LogP contribution in [0.25, 0.3) is 0 Å². The van der Waals surface area contributed by atoms with Crippen molar-refractivity contribution in [2.45, 2.75) is 13.0 Å². The molecule has 2 rings (SSSR count). The van der Waals surface area contributed by atoms with Gasteiger partial charge in [-0.1, -0.05) is 0 Å². The molecule has 6 nitrogen and oxygen atoms in total. The zero-order valence-corrected chi connectivity index (χ0v) is 9.14. The third-order valence-corrected chi connectivity index (χ3v) is 2.23. The molecular weight excluding hydrogens is 206 g/mol. The van der Waals surface area contributed by atoms with E-state index >= 15 is 0 Å². The van der Waals surface area contributed by atoms with E-state index in [1.54, 1.807) is 25.7 Å². The molecule has 0 aromatic carbocycles. The Labute approximate surface area is 93.1 Å². The minimum atomic E-state index is 0.104. The van der Waals surface area contributed by atoms with Gasteiger partial charge in [0.25, 0.3) is 0 Å². The number of nitrogens with zero attached hydrogens (tertiary/aromatic N) is 3. The van der Waals surface area contributed by atoms with Gasteiger partial charge in [-0.3, -0.25) is 5.10 Å². The van der Waals surface area contributed by atoms with Gasteiger partial charge in [0.15, 0.2) is 5.75 Å². The SMILES string of the molecule is COc1cnc(NC(C)c2cn[nH]c2)nc1. The summed E-state index contributed by atoms with van der Waals surface area (Å²) in [5, 5.41) is 9.81. The molecule has 0 bridgehead atoms. The molecule has 1 atom stereocenters. The van der Waals surface area contributed by atoms with Crippen LogP contribution in [0, 0.1) is 0 Å². The van der Waals surface area contributed by atoms with Gasteiger partial charge >= 0.3 is 0 Å². The molecule has 2 heterocycles. The van der Waals surface area contributed by atoms with Crippen LogP contribution in [0.15, 0.2) is 24.8 Å². The number of rotatable bonds is 4. The molecule has 0 amide bonds. The van der Waals surface area contributed by atoms with Crippen molar-refractivity contribution in [3.05, 3.63) is 30.4 Å². The van der Waals surface area contributed by atoms with E-state index in [9.17, 15) is 0 Å². The van der Waals surface area contributed by atoms with Crippen molar-refractivity contribution in [3.8, 4) is 5.75 Å². The lowest BCUT2D eigenvalue weighted by Gasteiger charge is -2.11. The number of hydrogen-bond acceptors (Lipinski definition) is 5. The second kappa shape index (κ2) is 4.61. The fraction of sp³-hybridized carbons (Fsp3) is 0.300. The number of aromatic amines is 1. The maximum Gasteiger partial charge on any atom is 0.223 e. The Kier molecular flexibility index (Phi) is 3.00. The summed E-state index contributed by atoms with van der Waals surface area (Å²) >= 11 is 0. The van der Waals surface area contributed by atoms with Crippen LogP contribution in [0.1, 0.15) is 18.5 Å². The summed E-state index contributed by atoms with van der Waals surface area (Å²) in [7, 11) is 1.58. The number of ether oxygens (including phenoxy) is 1. The van der Waals surface area contributed by atoms with Crippen molar-refractivity contribution in [3.63, 3.8) is 0 Å². The average Bonchev–Trinajstić information content (AvgIpc) is 2.83. The smallest absolute Gasteiger partial charge is 0.223 e. The Morgan fingerprint density at radius 3 is 2.62 bits per heavy atom. The highest BCUT2D eigenvalue weighted by atomic mass is 16.5. The molecule has 0 radical (unpaired) electrons. The van der Waals surface area contributed by atoms with Crippen LogP contribution in [0.2, 0.25) is 0 Å². The summed E-state index contributed by atoms with van der Waals surface area (Å²) in [4.78, 5) is 8.24. The first-order valence-electron chi connectivity index (χ1n) is 4.91. The van der Waals surface area contributed by atoms with Crippen LogP contribution in [-0.2, 0) is 0 Å². The van der Waals surface area contributed by atoms with Crippen molar-refractivity contribution < 1.29 is 4.74 Å². The van der Waals surface area contributed by atoms with Crippen LogP contribution < -0.4 is 10.1 Å². The van der Waals surface area contributed by atoms with E-state index < -0.39 is 0 Å². The quantitative estimate of drug-likeness (QED) is 0.812. The molecule has 0 aliphatic rings. The number of methoxy groups -OCH3 is 1. The summed E-state index contributed by atoms with van der Waals surface area (Å²) in [6.45, 7) is 2.01. The maximum absolute atomic E-state index is 4.98. The highest BCUT2D eigenvalue weighted by molar-refractivity contribution is 5.31. The Morgan fingerprint density at radius 1 is 1.31 bits per heavy atom. The standard InChI is InChI=1S/C10H13N5O/c1-7(8-3-13-14-4-8)15-10-11-5-9(16-2)6-12-10/h3-7H,1-2H3,(H,13,14)(H,11,12,15). The highest BCUT2D eigenvalue weighted by Gasteiger charge is 2.07. The van der Waals surface area contributed by atoms with Gasteiger partial charge in [0.2, 0.25) is 5.95 Å². The Morgan fingerprint density at radius 2 is 2.06 bits per heavy atom. The van der Waals surface area contributed by atoms with Gasteiger partial charge in [0, 0.05) is 11.8 Å². The fourth-order valence-corrected chi connectivity index (χ4v) is 1.27. The Bertz CT molecular complexity index is 425. The van der Waals surface area contributed by atoms with Gasteiger partial charge in [-0.05, 0) is 6.92 Å². The zero-order valence-electron chi connectivity index (χ0n) is 9.14. The minimum Gasteiger partial charge on any atom is -0.494 e. The van der Waals surface area contributed by atoms with Gasteiger partial charge in [-0.25, -0.2) is 9.97 Å². The number of hydrogen-bond donors (Lipinski definition) is 2. The monoisotopic (exact) mass is 219 g/mol. The van der Waals surface area contributed by atoms with Crippen LogP contribution in [-0.4, -0.2) is 27.3 Å². The van der Waals surface area contributed by atoms with Gasteiger partial charge in [-0.15, -0.1) is 0 Å². The summed E-state index contributed by atoms with van der Waals surface area (Å²) in [6, 6.07) is 0.104. The van der Waals surface area contributed by atoms with Crippen LogP contribution in [0.4, 0.5) is 5.95 Å². The molecule has 6 heteroatoms. The van der Waals surface area contributed by atoms with Gasteiger partial charge in [0.1, 0.15) is 0 Å².